The Hall–Kier alpha value is -2.82. The molecule has 27 heavy (non-hydrogen) atoms. The summed E-state index contributed by atoms with van der Waals surface area (Å²) in [5, 5.41) is 5.76. The molecule has 1 heterocycles. The Balaban J connectivity index is 1.23. The smallest absolute Gasteiger partial charge is 0.244 e. The van der Waals surface area contributed by atoms with Gasteiger partial charge in [-0.1, -0.05) is 19.1 Å². The van der Waals surface area contributed by atoms with E-state index in [2.05, 4.69) is 17.6 Å². The Morgan fingerprint density at radius 1 is 1.15 bits per heavy atom. The third kappa shape index (κ3) is 4.67. The minimum Gasteiger partial charge on any atom is -0.461 e. The van der Waals surface area contributed by atoms with Crippen LogP contribution in [-0.4, -0.2) is 11.8 Å². The predicted octanol–water partition coefficient (Wildman–Crippen LogP) is 4.08. The fourth-order valence-corrected chi connectivity index (χ4v) is 3.08. The second-order valence-corrected chi connectivity index (χ2v) is 7.57. The zero-order valence-electron chi connectivity index (χ0n) is 15.4. The molecule has 0 bridgehead atoms. The van der Waals surface area contributed by atoms with E-state index in [-0.39, 0.29) is 17.7 Å². The standard InChI is InChI=1S/C22H24N2O3/c1-14-12-19(14)20-10-8-18(27-20)9-11-21(25)23-13-15-2-6-17(7-3-15)24-22(26)16-4-5-16/h2-3,6-11,14,16,19H,4-5,12-13H2,1H3,(H,23,25)(H,24,26)/b11-9+/t14-,19+/m1/s1. The third-order valence-corrected chi connectivity index (χ3v) is 5.16. The summed E-state index contributed by atoms with van der Waals surface area (Å²) in [7, 11) is 0. The van der Waals surface area contributed by atoms with Gasteiger partial charge in [-0.05, 0) is 61.1 Å². The van der Waals surface area contributed by atoms with Crippen molar-refractivity contribution < 1.29 is 14.0 Å². The fraction of sp³-hybridized carbons (Fsp3) is 0.364. The number of anilines is 1. The van der Waals surface area contributed by atoms with Gasteiger partial charge in [0.1, 0.15) is 11.5 Å². The van der Waals surface area contributed by atoms with Crippen molar-refractivity contribution in [3.8, 4) is 0 Å². The molecule has 0 saturated heterocycles. The number of nitrogens with one attached hydrogen (secondary N) is 2. The summed E-state index contributed by atoms with van der Waals surface area (Å²) in [6, 6.07) is 11.4. The highest BCUT2D eigenvalue weighted by Crippen LogP contribution is 2.47. The van der Waals surface area contributed by atoms with Crippen LogP contribution in [0.1, 0.15) is 49.2 Å². The number of carbonyl (C=O) groups excluding carboxylic acids is 2. The highest BCUT2D eigenvalue weighted by molar-refractivity contribution is 5.94. The Morgan fingerprint density at radius 2 is 1.89 bits per heavy atom. The van der Waals surface area contributed by atoms with Crippen molar-refractivity contribution in [1.29, 1.82) is 0 Å². The van der Waals surface area contributed by atoms with Crippen LogP contribution in [0.15, 0.2) is 46.9 Å². The summed E-state index contributed by atoms with van der Waals surface area (Å²) < 4.78 is 5.76. The molecule has 1 aromatic carbocycles. The predicted molar refractivity (Wildman–Crippen MR) is 104 cm³/mol. The zero-order valence-corrected chi connectivity index (χ0v) is 15.4. The highest BCUT2D eigenvalue weighted by Gasteiger charge is 2.36. The summed E-state index contributed by atoms with van der Waals surface area (Å²) in [6.45, 7) is 2.65. The monoisotopic (exact) mass is 364 g/mol. The van der Waals surface area contributed by atoms with E-state index < -0.39 is 0 Å². The number of benzene rings is 1. The lowest BCUT2D eigenvalue weighted by Crippen LogP contribution is -2.20. The molecule has 2 atom stereocenters. The maximum atomic E-state index is 12.0. The van der Waals surface area contributed by atoms with Gasteiger partial charge in [-0.25, -0.2) is 0 Å². The molecule has 2 fully saturated rings. The molecule has 140 valence electrons. The molecule has 2 aliphatic rings. The van der Waals surface area contributed by atoms with Crippen LogP contribution < -0.4 is 10.6 Å². The molecule has 0 spiro atoms. The molecule has 4 rings (SSSR count). The third-order valence-electron chi connectivity index (χ3n) is 5.16. The van der Waals surface area contributed by atoms with Gasteiger partial charge in [0.2, 0.25) is 11.8 Å². The Bertz CT molecular complexity index is 862. The summed E-state index contributed by atoms with van der Waals surface area (Å²) in [4.78, 5) is 23.7. The molecule has 0 aliphatic heterocycles. The average Bonchev–Trinajstić information content (AvgIpc) is 3.59. The van der Waals surface area contributed by atoms with Crippen LogP contribution in [0.5, 0.6) is 0 Å². The molecule has 1 aromatic heterocycles. The van der Waals surface area contributed by atoms with E-state index in [4.69, 9.17) is 4.42 Å². The van der Waals surface area contributed by atoms with E-state index in [1.54, 1.807) is 6.08 Å². The van der Waals surface area contributed by atoms with E-state index >= 15 is 0 Å². The van der Waals surface area contributed by atoms with Crippen LogP contribution in [-0.2, 0) is 16.1 Å². The molecule has 2 aliphatic carbocycles. The molecule has 2 amide bonds. The van der Waals surface area contributed by atoms with E-state index in [1.807, 2.05) is 36.4 Å². The van der Waals surface area contributed by atoms with Crippen molar-refractivity contribution in [2.45, 2.75) is 38.6 Å². The van der Waals surface area contributed by atoms with Gasteiger partial charge >= 0.3 is 0 Å². The SMILES string of the molecule is C[C@@H]1C[C@@H]1c1ccc(/C=C/C(=O)NCc2ccc(NC(=O)C3CC3)cc2)o1. The van der Waals surface area contributed by atoms with Crippen molar-refractivity contribution in [3.05, 3.63) is 59.6 Å². The molecule has 5 heteroatoms. The second-order valence-electron chi connectivity index (χ2n) is 7.57. The van der Waals surface area contributed by atoms with Crippen molar-refractivity contribution in [1.82, 2.24) is 5.32 Å². The molecule has 0 radical (unpaired) electrons. The summed E-state index contributed by atoms with van der Waals surface area (Å²) in [6.07, 6.45) is 6.34. The number of furan rings is 1. The van der Waals surface area contributed by atoms with E-state index in [0.29, 0.717) is 24.1 Å². The Morgan fingerprint density at radius 3 is 2.56 bits per heavy atom. The normalized spacial score (nSPS) is 21.2. The lowest BCUT2D eigenvalue weighted by Gasteiger charge is -2.06. The number of rotatable bonds is 7. The quantitative estimate of drug-likeness (QED) is 0.727. The highest BCUT2D eigenvalue weighted by atomic mass is 16.3. The topological polar surface area (TPSA) is 71.3 Å². The largest absolute Gasteiger partial charge is 0.461 e. The Kier molecular flexibility index (Phi) is 4.84. The van der Waals surface area contributed by atoms with Gasteiger partial charge in [0.05, 0.1) is 0 Å². The molecule has 0 unspecified atom stereocenters. The van der Waals surface area contributed by atoms with Crippen LogP contribution in [0.4, 0.5) is 5.69 Å². The molecule has 5 nitrogen and oxygen atoms in total. The van der Waals surface area contributed by atoms with Crippen molar-refractivity contribution in [2.24, 2.45) is 11.8 Å². The van der Waals surface area contributed by atoms with Crippen LogP contribution >= 0.6 is 0 Å². The van der Waals surface area contributed by atoms with Crippen LogP contribution in [0.3, 0.4) is 0 Å². The van der Waals surface area contributed by atoms with Gasteiger partial charge < -0.3 is 15.1 Å². The van der Waals surface area contributed by atoms with Gasteiger partial charge in [0.15, 0.2) is 0 Å². The molecule has 2 N–H and O–H groups in total. The van der Waals surface area contributed by atoms with Gasteiger partial charge in [-0.2, -0.15) is 0 Å². The van der Waals surface area contributed by atoms with Crippen LogP contribution in [0.2, 0.25) is 0 Å². The number of carbonyl (C=O) groups is 2. The number of hydrogen-bond donors (Lipinski definition) is 2. The Labute approximate surface area is 158 Å². The summed E-state index contributed by atoms with van der Waals surface area (Å²) in [5.41, 5.74) is 1.77. The van der Waals surface area contributed by atoms with Crippen LogP contribution in [0, 0.1) is 11.8 Å². The lowest BCUT2D eigenvalue weighted by atomic mass is 10.2. The average molecular weight is 364 g/mol. The van der Waals surface area contributed by atoms with E-state index in [1.165, 1.54) is 12.5 Å². The van der Waals surface area contributed by atoms with Crippen molar-refractivity contribution >= 4 is 23.6 Å². The first-order valence-electron chi connectivity index (χ1n) is 9.54. The molecule has 2 saturated carbocycles. The summed E-state index contributed by atoms with van der Waals surface area (Å²) >= 11 is 0. The zero-order chi connectivity index (χ0) is 18.8. The maximum absolute atomic E-state index is 12.0. The van der Waals surface area contributed by atoms with E-state index in [9.17, 15) is 9.59 Å². The van der Waals surface area contributed by atoms with Crippen molar-refractivity contribution in [2.75, 3.05) is 5.32 Å². The van der Waals surface area contributed by atoms with E-state index in [0.717, 1.165) is 29.9 Å². The fourth-order valence-electron chi connectivity index (χ4n) is 3.08. The molecule has 2 aromatic rings. The first-order valence-corrected chi connectivity index (χ1v) is 9.54. The second kappa shape index (κ2) is 7.43. The summed E-state index contributed by atoms with van der Waals surface area (Å²) in [5.74, 6) is 3.07. The number of hydrogen-bond acceptors (Lipinski definition) is 3. The number of amides is 2. The minimum atomic E-state index is -0.168. The molecular weight excluding hydrogens is 340 g/mol. The van der Waals surface area contributed by atoms with Crippen LogP contribution in [0.25, 0.3) is 6.08 Å². The van der Waals surface area contributed by atoms with Crippen molar-refractivity contribution in [3.63, 3.8) is 0 Å². The van der Waals surface area contributed by atoms with Gasteiger partial charge in [0.25, 0.3) is 0 Å². The lowest BCUT2D eigenvalue weighted by molar-refractivity contribution is -0.117. The van der Waals surface area contributed by atoms with Gasteiger partial charge in [-0.15, -0.1) is 0 Å². The first kappa shape index (κ1) is 17.6. The van der Waals surface area contributed by atoms with Gasteiger partial charge in [0, 0.05) is 30.1 Å². The minimum absolute atomic E-state index is 0.0958. The first-order chi connectivity index (χ1) is 13.1. The maximum Gasteiger partial charge on any atom is 0.244 e. The van der Waals surface area contributed by atoms with Gasteiger partial charge in [-0.3, -0.25) is 9.59 Å². The molecular formula is C22H24N2O3.